The number of fused-ring (bicyclic) bond motifs is 1. The van der Waals surface area contributed by atoms with E-state index in [9.17, 15) is 0 Å². The van der Waals surface area contributed by atoms with Crippen molar-refractivity contribution in [1.82, 2.24) is 0 Å². The summed E-state index contributed by atoms with van der Waals surface area (Å²) in [4.78, 5) is 4.37. The summed E-state index contributed by atoms with van der Waals surface area (Å²) in [6.45, 7) is 5.45. The van der Waals surface area contributed by atoms with Crippen LogP contribution in [0.5, 0.6) is 5.75 Å². The Hall–Kier alpha value is -1.71. The Bertz CT molecular complexity index is 411. The van der Waals surface area contributed by atoms with Gasteiger partial charge in [-0.15, -0.1) is 0 Å². The molecule has 0 bridgehead atoms. The number of rotatable bonds is 2. The zero-order valence-corrected chi connectivity index (χ0v) is 9.66. The van der Waals surface area contributed by atoms with Crippen LogP contribution in [0.15, 0.2) is 23.2 Å². The van der Waals surface area contributed by atoms with Crippen molar-refractivity contribution in [1.29, 1.82) is 0 Å². The molecule has 2 rings (SSSR count). The molecule has 1 atom stereocenters. The van der Waals surface area contributed by atoms with Gasteiger partial charge >= 0.3 is 0 Å². The largest absolute Gasteiger partial charge is 0.484 e. The summed E-state index contributed by atoms with van der Waals surface area (Å²) in [5.41, 5.74) is 8.49. The van der Waals surface area contributed by atoms with Gasteiger partial charge in [0.1, 0.15) is 11.9 Å². The van der Waals surface area contributed by atoms with E-state index in [4.69, 9.17) is 10.5 Å². The average Bonchev–Trinajstić information content (AvgIpc) is 2.26. The summed E-state index contributed by atoms with van der Waals surface area (Å²) in [7, 11) is 0. The fourth-order valence-electron chi connectivity index (χ4n) is 1.62. The molecule has 4 heteroatoms. The Morgan fingerprint density at radius 2 is 2.38 bits per heavy atom. The van der Waals surface area contributed by atoms with E-state index >= 15 is 0 Å². The number of nitrogens with one attached hydrogen (secondary N) is 1. The fourth-order valence-corrected chi connectivity index (χ4v) is 1.62. The molecule has 0 radical (unpaired) electrons. The highest BCUT2D eigenvalue weighted by Crippen LogP contribution is 2.30. The molecule has 0 spiro atoms. The molecule has 0 aliphatic carbocycles. The van der Waals surface area contributed by atoms with Gasteiger partial charge in [0, 0.05) is 11.4 Å². The Labute approximate surface area is 95.5 Å². The second-order valence-electron chi connectivity index (χ2n) is 4.16. The molecule has 4 nitrogen and oxygen atoms in total. The third-order valence-electron chi connectivity index (χ3n) is 2.43. The molecule has 0 aromatic heterocycles. The van der Waals surface area contributed by atoms with E-state index in [0.717, 1.165) is 29.4 Å². The third kappa shape index (κ3) is 2.45. The van der Waals surface area contributed by atoms with Crippen LogP contribution in [0.3, 0.4) is 0 Å². The quantitative estimate of drug-likeness (QED) is 0.590. The SMILES string of the molecule is CC(C)=NCC1CNc2cc(N)ccc2O1. The van der Waals surface area contributed by atoms with Gasteiger partial charge in [-0.25, -0.2) is 0 Å². The molecule has 1 aliphatic rings. The lowest BCUT2D eigenvalue weighted by atomic mass is 10.2. The number of hydrogen-bond donors (Lipinski definition) is 2. The monoisotopic (exact) mass is 219 g/mol. The van der Waals surface area contributed by atoms with Crippen LogP contribution < -0.4 is 15.8 Å². The van der Waals surface area contributed by atoms with Crippen LogP contribution in [0.4, 0.5) is 11.4 Å². The minimum Gasteiger partial charge on any atom is -0.484 e. The number of aliphatic imine (C=N–C) groups is 1. The second kappa shape index (κ2) is 4.43. The van der Waals surface area contributed by atoms with Crippen molar-refractivity contribution in [2.45, 2.75) is 20.0 Å². The van der Waals surface area contributed by atoms with Crippen LogP contribution in [0.1, 0.15) is 13.8 Å². The molecule has 86 valence electrons. The number of nitrogens with zero attached hydrogens (tertiary/aromatic N) is 1. The smallest absolute Gasteiger partial charge is 0.143 e. The van der Waals surface area contributed by atoms with Crippen LogP contribution >= 0.6 is 0 Å². The number of hydrogen-bond acceptors (Lipinski definition) is 4. The summed E-state index contributed by atoms with van der Waals surface area (Å²) in [5, 5.41) is 3.30. The van der Waals surface area contributed by atoms with Gasteiger partial charge in [-0.1, -0.05) is 0 Å². The van der Waals surface area contributed by atoms with Crippen LogP contribution in [0, 0.1) is 0 Å². The second-order valence-corrected chi connectivity index (χ2v) is 4.16. The lowest BCUT2D eigenvalue weighted by Crippen LogP contribution is -2.33. The van der Waals surface area contributed by atoms with Gasteiger partial charge in [0.2, 0.25) is 0 Å². The number of nitrogens with two attached hydrogens (primary N) is 1. The van der Waals surface area contributed by atoms with Crippen molar-refractivity contribution in [2.75, 3.05) is 24.1 Å². The topological polar surface area (TPSA) is 59.6 Å². The first-order valence-electron chi connectivity index (χ1n) is 5.43. The number of nitrogen functional groups attached to an aromatic ring is 1. The van der Waals surface area contributed by atoms with Gasteiger partial charge in [0.05, 0.1) is 18.8 Å². The lowest BCUT2D eigenvalue weighted by Gasteiger charge is -2.26. The van der Waals surface area contributed by atoms with Gasteiger partial charge in [0.25, 0.3) is 0 Å². The van der Waals surface area contributed by atoms with Gasteiger partial charge in [-0.05, 0) is 32.0 Å². The van der Waals surface area contributed by atoms with Gasteiger partial charge in [-0.3, -0.25) is 4.99 Å². The summed E-state index contributed by atoms with van der Waals surface area (Å²) >= 11 is 0. The maximum atomic E-state index is 5.81. The highest BCUT2D eigenvalue weighted by atomic mass is 16.5. The molecular formula is C12H17N3O. The molecule has 1 aromatic carbocycles. The number of ether oxygens (including phenoxy) is 1. The molecule has 1 unspecified atom stereocenters. The normalized spacial score (nSPS) is 18.0. The molecule has 16 heavy (non-hydrogen) atoms. The lowest BCUT2D eigenvalue weighted by molar-refractivity contribution is 0.214. The van der Waals surface area contributed by atoms with E-state index in [1.54, 1.807) is 0 Å². The van der Waals surface area contributed by atoms with Crippen molar-refractivity contribution >= 4 is 17.1 Å². The molecule has 0 fully saturated rings. The highest BCUT2D eigenvalue weighted by Gasteiger charge is 2.18. The van der Waals surface area contributed by atoms with E-state index < -0.39 is 0 Å². The first-order valence-corrected chi connectivity index (χ1v) is 5.43. The highest BCUT2D eigenvalue weighted by molar-refractivity contribution is 5.79. The predicted octanol–water partition coefficient (Wildman–Crippen LogP) is 1.92. The molecule has 0 saturated carbocycles. The molecule has 0 amide bonds. The van der Waals surface area contributed by atoms with E-state index in [1.165, 1.54) is 0 Å². The van der Waals surface area contributed by atoms with E-state index in [2.05, 4.69) is 10.3 Å². The maximum Gasteiger partial charge on any atom is 0.143 e. The molecule has 3 N–H and O–H groups in total. The average molecular weight is 219 g/mol. The fraction of sp³-hybridized carbons (Fsp3) is 0.417. The number of benzene rings is 1. The zero-order valence-electron chi connectivity index (χ0n) is 9.66. The van der Waals surface area contributed by atoms with Crippen LogP contribution in [0.2, 0.25) is 0 Å². The van der Waals surface area contributed by atoms with Crippen molar-refractivity contribution in [3.8, 4) is 5.75 Å². The molecule has 1 aliphatic heterocycles. The maximum absolute atomic E-state index is 5.81. The van der Waals surface area contributed by atoms with E-state index in [1.807, 2.05) is 32.0 Å². The summed E-state index contributed by atoms with van der Waals surface area (Å²) in [5.74, 6) is 0.856. The summed E-state index contributed by atoms with van der Waals surface area (Å²) < 4.78 is 5.81. The van der Waals surface area contributed by atoms with Gasteiger partial charge in [-0.2, -0.15) is 0 Å². The summed E-state index contributed by atoms with van der Waals surface area (Å²) in [6.07, 6.45) is 0.103. The van der Waals surface area contributed by atoms with E-state index in [0.29, 0.717) is 6.54 Å². The number of anilines is 2. The van der Waals surface area contributed by atoms with Crippen molar-refractivity contribution < 1.29 is 4.74 Å². The van der Waals surface area contributed by atoms with Crippen molar-refractivity contribution in [3.05, 3.63) is 18.2 Å². The third-order valence-corrected chi connectivity index (χ3v) is 2.43. The van der Waals surface area contributed by atoms with Crippen molar-refractivity contribution in [3.63, 3.8) is 0 Å². The van der Waals surface area contributed by atoms with E-state index in [-0.39, 0.29) is 6.10 Å². The molecule has 1 heterocycles. The Kier molecular flexibility index (Phi) is 2.99. The first-order chi connectivity index (χ1) is 7.65. The van der Waals surface area contributed by atoms with Crippen LogP contribution in [-0.2, 0) is 0 Å². The Balaban J connectivity index is 2.06. The van der Waals surface area contributed by atoms with Crippen molar-refractivity contribution in [2.24, 2.45) is 4.99 Å². The van der Waals surface area contributed by atoms with Crippen LogP contribution in [0.25, 0.3) is 0 Å². The standard InChI is InChI=1S/C12H17N3O/c1-8(2)14-6-10-7-15-11-5-9(13)3-4-12(11)16-10/h3-5,10,15H,6-7,13H2,1-2H3. The summed E-state index contributed by atoms with van der Waals surface area (Å²) in [6, 6.07) is 5.63. The molecular weight excluding hydrogens is 202 g/mol. The Morgan fingerprint density at radius 1 is 1.56 bits per heavy atom. The van der Waals surface area contributed by atoms with Crippen LogP contribution in [-0.4, -0.2) is 24.9 Å². The first kappa shape index (κ1) is 10.8. The zero-order chi connectivity index (χ0) is 11.5. The minimum atomic E-state index is 0.103. The predicted molar refractivity (Wildman–Crippen MR) is 67.4 cm³/mol. The van der Waals surface area contributed by atoms with Gasteiger partial charge in [0.15, 0.2) is 0 Å². The molecule has 1 aromatic rings. The Morgan fingerprint density at radius 3 is 3.12 bits per heavy atom. The molecule has 0 saturated heterocycles. The van der Waals surface area contributed by atoms with Gasteiger partial charge < -0.3 is 15.8 Å². The minimum absolute atomic E-state index is 0.103.